The molecule has 3 aromatic rings. The van der Waals surface area contributed by atoms with Gasteiger partial charge in [0.15, 0.2) is 11.0 Å². The van der Waals surface area contributed by atoms with Crippen LogP contribution in [0.3, 0.4) is 0 Å². The number of aromatic nitrogens is 3. The van der Waals surface area contributed by atoms with Gasteiger partial charge in [-0.15, -0.1) is 10.2 Å². The zero-order valence-corrected chi connectivity index (χ0v) is 16.1. The monoisotopic (exact) mass is 373 g/mol. The van der Waals surface area contributed by atoms with Gasteiger partial charge >= 0.3 is 0 Å². The maximum absolute atomic E-state index is 6.25. The zero-order chi connectivity index (χ0) is 17.8. The first-order chi connectivity index (χ1) is 12.1. The van der Waals surface area contributed by atoms with Crippen molar-refractivity contribution in [1.29, 1.82) is 0 Å². The Balaban J connectivity index is 1.61. The van der Waals surface area contributed by atoms with Gasteiger partial charge in [-0.2, -0.15) is 0 Å². The van der Waals surface area contributed by atoms with Crippen molar-refractivity contribution in [2.24, 2.45) is 7.05 Å². The molecule has 130 valence electrons. The minimum atomic E-state index is 0.614. The quantitative estimate of drug-likeness (QED) is 0.454. The molecule has 1 heterocycles. The van der Waals surface area contributed by atoms with Crippen LogP contribution >= 0.6 is 23.4 Å². The average Bonchev–Trinajstić information content (AvgIpc) is 2.96. The van der Waals surface area contributed by atoms with E-state index in [1.54, 1.807) is 11.8 Å². The van der Waals surface area contributed by atoms with E-state index < -0.39 is 0 Å². The van der Waals surface area contributed by atoms with Gasteiger partial charge in [0.05, 0.1) is 11.6 Å². The molecule has 0 aliphatic heterocycles. The minimum absolute atomic E-state index is 0.614. The number of aryl methyl sites for hydroxylation is 2. The molecule has 1 aromatic heterocycles. The van der Waals surface area contributed by atoms with Gasteiger partial charge in [0.1, 0.15) is 5.75 Å². The predicted molar refractivity (Wildman–Crippen MR) is 104 cm³/mol. The maximum Gasteiger partial charge on any atom is 0.191 e. The van der Waals surface area contributed by atoms with Crippen molar-refractivity contribution in [1.82, 2.24) is 14.8 Å². The molecule has 3 rings (SSSR count). The molecule has 0 saturated carbocycles. The summed E-state index contributed by atoms with van der Waals surface area (Å²) in [5.74, 6) is 2.50. The van der Waals surface area contributed by atoms with Crippen molar-refractivity contribution >= 4 is 23.4 Å². The normalized spacial score (nSPS) is 10.9. The second-order valence-electron chi connectivity index (χ2n) is 5.81. The van der Waals surface area contributed by atoms with E-state index in [1.165, 1.54) is 5.56 Å². The van der Waals surface area contributed by atoms with Gasteiger partial charge in [0.2, 0.25) is 0 Å². The Morgan fingerprint density at radius 1 is 1.12 bits per heavy atom. The van der Waals surface area contributed by atoms with E-state index in [1.807, 2.05) is 35.9 Å². The molecule has 2 aromatic carbocycles. The molecule has 4 nitrogen and oxygen atoms in total. The van der Waals surface area contributed by atoms with E-state index in [2.05, 4.69) is 42.2 Å². The molecule has 0 unspecified atom stereocenters. The van der Waals surface area contributed by atoms with Crippen LogP contribution in [0.1, 0.15) is 11.1 Å². The Hall–Kier alpha value is -1.98. The van der Waals surface area contributed by atoms with Crippen molar-refractivity contribution in [2.75, 3.05) is 12.4 Å². The van der Waals surface area contributed by atoms with E-state index in [-0.39, 0.29) is 0 Å². The second kappa shape index (κ2) is 7.93. The molecule has 0 aliphatic rings. The van der Waals surface area contributed by atoms with Crippen LogP contribution in [-0.4, -0.2) is 27.1 Å². The Labute approximate surface area is 157 Å². The SMILES string of the molecule is Cc1ccc(C)c(OCCSc2nnc(-c3ccccc3Cl)n2C)c1. The lowest BCUT2D eigenvalue weighted by molar-refractivity contribution is 0.341. The van der Waals surface area contributed by atoms with Crippen molar-refractivity contribution in [2.45, 2.75) is 19.0 Å². The molecule has 0 bridgehead atoms. The zero-order valence-electron chi connectivity index (χ0n) is 14.5. The van der Waals surface area contributed by atoms with Gasteiger partial charge in [0, 0.05) is 18.4 Å². The molecule has 6 heteroatoms. The molecule has 25 heavy (non-hydrogen) atoms. The third-order valence-electron chi connectivity index (χ3n) is 3.87. The van der Waals surface area contributed by atoms with Crippen molar-refractivity contribution in [3.8, 4) is 17.1 Å². The lowest BCUT2D eigenvalue weighted by atomic mass is 10.1. The van der Waals surface area contributed by atoms with Crippen molar-refractivity contribution < 1.29 is 4.74 Å². The fourth-order valence-electron chi connectivity index (χ4n) is 2.47. The molecule has 0 fully saturated rings. The Bertz CT molecular complexity index is 879. The Morgan fingerprint density at radius 3 is 2.72 bits per heavy atom. The summed E-state index contributed by atoms with van der Waals surface area (Å²) >= 11 is 7.87. The van der Waals surface area contributed by atoms with Crippen molar-refractivity contribution in [3.05, 3.63) is 58.6 Å². The second-order valence-corrected chi connectivity index (χ2v) is 7.28. The highest BCUT2D eigenvalue weighted by Gasteiger charge is 2.13. The average molecular weight is 374 g/mol. The van der Waals surface area contributed by atoms with Crippen LogP contribution in [-0.2, 0) is 7.05 Å². The predicted octanol–water partition coefficient (Wildman–Crippen LogP) is 4.92. The van der Waals surface area contributed by atoms with E-state index in [0.717, 1.165) is 33.6 Å². The molecule has 0 N–H and O–H groups in total. The fraction of sp³-hybridized carbons (Fsp3) is 0.263. The van der Waals surface area contributed by atoms with Gasteiger partial charge in [-0.05, 0) is 43.2 Å². The van der Waals surface area contributed by atoms with E-state index in [4.69, 9.17) is 16.3 Å². The first kappa shape index (κ1) is 17.8. The lowest BCUT2D eigenvalue weighted by Gasteiger charge is -2.09. The number of thioether (sulfide) groups is 1. The Kier molecular flexibility index (Phi) is 5.66. The highest BCUT2D eigenvalue weighted by atomic mass is 35.5. The number of ether oxygens (including phenoxy) is 1. The maximum atomic E-state index is 6.25. The summed E-state index contributed by atoms with van der Waals surface area (Å²) in [5, 5.41) is 10.1. The van der Waals surface area contributed by atoms with E-state index >= 15 is 0 Å². The number of benzene rings is 2. The number of halogens is 1. The van der Waals surface area contributed by atoms with Crippen LogP contribution in [0.25, 0.3) is 11.4 Å². The number of rotatable bonds is 6. The van der Waals surface area contributed by atoms with E-state index in [0.29, 0.717) is 11.6 Å². The van der Waals surface area contributed by atoms with Crippen LogP contribution in [0.15, 0.2) is 47.6 Å². The topological polar surface area (TPSA) is 39.9 Å². The summed E-state index contributed by atoms with van der Waals surface area (Å²) in [6.45, 7) is 4.74. The standard InChI is InChI=1S/C19H20ClN3OS/c1-13-8-9-14(2)17(12-13)24-10-11-25-19-22-21-18(23(19)3)15-6-4-5-7-16(15)20/h4-9,12H,10-11H2,1-3H3. The number of hydrogen-bond donors (Lipinski definition) is 0. The van der Waals surface area contributed by atoms with Gasteiger partial charge < -0.3 is 9.30 Å². The summed E-state index contributed by atoms with van der Waals surface area (Å²) in [4.78, 5) is 0. The fourth-order valence-corrected chi connectivity index (χ4v) is 3.41. The summed E-state index contributed by atoms with van der Waals surface area (Å²) in [5.41, 5.74) is 3.24. The first-order valence-electron chi connectivity index (χ1n) is 8.03. The highest BCUT2D eigenvalue weighted by Crippen LogP contribution is 2.28. The van der Waals surface area contributed by atoms with Crippen LogP contribution < -0.4 is 4.74 Å². The highest BCUT2D eigenvalue weighted by molar-refractivity contribution is 7.99. The number of nitrogens with zero attached hydrogens (tertiary/aromatic N) is 3. The molecule has 0 amide bonds. The van der Waals surface area contributed by atoms with Crippen LogP contribution in [0.5, 0.6) is 5.75 Å². The third kappa shape index (κ3) is 4.17. The molecule has 0 aliphatic carbocycles. The smallest absolute Gasteiger partial charge is 0.191 e. The third-order valence-corrected chi connectivity index (χ3v) is 5.18. The number of hydrogen-bond acceptors (Lipinski definition) is 4. The molecular formula is C19H20ClN3OS. The van der Waals surface area contributed by atoms with Crippen molar-refractivity contribution in [3.63, 3.8) is 0 Å². The van der Waals surface area contributed by atoms with Gasteiger partial charge in [-0.3, -0.25) is 0 Å². The van der Waals surface area contributed by atoms with Gasteiger partial charge in [-0.1, -0.05) is 47.6 Å². The molecule has 0 radical (unpaired) electrons. The molecule has 0 saturated heterocycles. The summed E-state index contributed by atoms with van der Waals surface area (Å²) in [6.07, 6.45) is 0. The van der Waals surface area contributed by atoms with Gasteiger partial charge in [0.25, 0.3) is 0 Å². The first-order valence-corrected chi connectivity index (χ1v) is 9.40. The van der Waals surface area contributed by atoms with Crippen LogP contribution in [0.2, 0.25) is 5.02 Å². The summed E-state index contributed by atoms with van der Waals surface area (Å²) in [7, 11) is 1.95. The lowest BCUT2D eigenvalue weighted by Crippen LogP contribution is -2.03. The Morgan fingerprint density at radius 2 is 1.92 bits per heavy atom. The summed E-state index contributed by atoms with van der Waals surface area (Å²) in [6, 6.07) is 13.9. The molecular weight excluding hydrogens is 354 g/mol. The molecule has 0 atom stereocenters. The van der Waals surface area contributed by atoms with E-state index in [9.17, 15) is 0 Å². The minimum Gasteiger partial charge on any atom is -0.492 e. The summed E-state index contributed by atoms with van der Waals surface area (Å²) < 4.78 is 7.85. The molecule has 0 spiro atoms. The van der Waals surface area contributed by atoms with Crippen LogP contribution in [0, 0.1) is 13.8 Å². The van der Waals surface area contributed by atoms with Gasteiger partial charge in [-0.25, -0.2) is 0 Å². The van der Waals surface area contributed by atoms with Crippen LogP contribution in [0.4, 0.5) is 0 Å². The largest absolute Gasteiger partial charge is 0.492 e.